The highest BCUT2D eigenvalue weighted by molar-refractivity contribution is 9.10. The number of aryl methyl sites for hydroxylation is 2. The van der Waals surface area contributed by atoms with Crippen molar-refractivity contribution < 1.29 is 4.79 Å². The molecular formula is C23H22BrN5O2. The fourth-order valence-electron chi connectivity index (χ4n) is 3.32. The van der Waals surface area contributed by atoms with E-state index in [1.165, 1.54) is 6.20 Å². The Labute approximate surface area is 187 Å². The molecule has 0 fully saturated rings. The van der Waals surface area contributed by atoms with Gasteiger partial charge in [0.25, 0.3) is 11.5 Å². The summed E-state index contributed by atoms with van der Waals surface area (Å²) >= 11 is 3.41. The van der Waals surface area contributed by atoms with Crippen LogP contribution in [0.4, 0.5) is 0 Å². The fraction of sp³-hybridized carbons (Fsp3) is 0.217. The Kier molecular flexibility index (Phi) is 5.99. The molecule has 2 aromatic heterocycles. The largest absolute Gasteiger partial charge is 0.350 e. The van der Waals surface area contributed by atoms with Gasteiger partial charge in [-0.05, 0) is 54.8 Å². The van der Waals surface area contributed by atoms with Crippen LogP contribution >= 0.6 is 15.9 Å². The lowest BCUT2D eigenvalue weighted by atomic mass is 10.1. The highest BCUT2D eigenvalue weighted by Crippen LogP contribution is 2.12. The summed E-state index contributed by atoms with van der Waals surface area (Å²) in [6, 6.07) is 13.4. The van der Waals surface area contributed by atoms with E-state index in [1.807, 2.05) is 56.3 Å². The Morgan fingerprint density at radius 2 is 1.87 bits per heavy atom. The minimum atomic E-state index is -0.140. The number of hydrogen-bond acceptors (Lipinski definition) is 4. The number of rotatable bonds is 6. The van der Waals surface area contributed by atoms with Crippen molar-refractivity contribution in [2.75, 3.05) is 6.54 Å². The highest BCUT2D eigenvalue weighted by atomic mass is 79.9. The van der Waals surface area contributed by atoms with Crippen LogP contribution in [0.1, 0.15) is 27.0 Å². The summed E-state index contributed by atoms with van der Waals surface area (Å²) in [6.07, 6.45) is 3.08. The summed E-state index contributed by atoms with van der Waals surface area (Å²) in [5, 5.41) is 7.65. The van der Waals surface area contributed by atoms with Crippen molar-refractivity contribution in [1.82, 2.24) is 24.6 Å². The van der Waals surface area contributed by atoms with Crippen LogP contribution < -0.4 is 10.9 Å². The second-order valence-corrected chi connectivity index (χ2v) is 8.38. The van der Waals surface area contributed by atoms with E-state index in [0.29, 0.717) is 36.2 Å². The number of carbonyl (C=O) groups is 1. The molecule has 1 N–H and O–H groups in total. The van der Waals surface area contributed by atoms with Crippen LogP contribution in [0, 0.1) is 13.8 Å². The number of amides is 1. The number of nitrogens with zero attached hydrogens (tertiary/aromatic N) is 4. The molecule has 7 nitrogen and oxygen atoms in total. The van der Waals surface area contributed by atoms with E-state index in [9.17, 15) is 9.59 Å². The van der Waals surface area contributed by atoms with Gasteiger partial charge in [-0.1, -0.05) is 34.1 Å². The van der Waals surface area contributed by atoms with Gasteiger partial charge in [0.05, 0.1) is 19.3 Å². The van der Waals surface area contributed by atoms with E-state index in [-0.39, 0.29) is 11.5 Å². The summed E-state index contributed by atoms with van der Waals surface area (Å²) in [5.41, 5.74) is 4.23. The van der Waals surface area contributed by atoms with Crippen molar-refractivity contribution in [3.8, 4) is 0 Å². The predicted molar refractivity (Wildman–Crippen MR) is 123 cm³/mol. The van der Waals surface area contributed by atoms with E-state index in [1.54, 1.807) is 15.6 Å². The van der Waals surface area contributed by atoms with Gasteiger partial charge in [0.2, 0.25) is 0 Å². The van der Waals surface area contributed by atoms with Gasteiger partial charge in [-0.15, -0.1) is 0 Å². The summed E-state index contributed by atoms with van der Waals surface area (Å²) in [6.45, 7) is 5.23. The predicted octanol–water partition coefficient (Wildman–Crippen LogP) is 3.45. The summed E-state index contributed by atoms with van der Waals surface area (Å²) < 4.78 is 4.20. The van der Waals surface area contributed by atoms with Crippen molar-refractivity contribution in [1.29, 1.82) is 0 Å². The van der Waals surface area contributed by atoms with Crippen molar-refractivity contribution >= 4 is 32.9 Å². The molecule has 1 amide bonds. The molecule has 0 unspecified atom stereocenters. The molecule has 4 aromatic rings. The van der Waals surface area contributed by atoms with Crippen molar-refractivity contribution in [3.05, 3.63) is 92.1 Å². The first-order chi connectivity index (χ1) is 14.9. The first-order valence-electron chi connectivity index (χ1n) is 9.93. The number of nitrogens with one attached hydrogen (secondary N) is 1. The maximum absolute atomic E-state index is 12.8. The van der Waals surface area contributed by atoms with Gasteiger partial charge in [-0.3, -0.25) is 14.2 Å². The molecule has 31 heavy (non-hydrogen) atoms. The zero-order chi connectivity index (χ0) is 22.0. The van der Waals surface area contributed by atoms with Crippen molar-refractivity contribution in [2.24, 2.45) is 0 Å². The van der Waals surface area contributed by atoms with Gasteiger partial charge in [0.15, 0.2) is 5.65 Å². The van der Waals surface area contributed by atoms with Crippen molar-refractivity contribution in [2.45, 2.75) is 26.9 Å². The molecule has 0 aliphatic heterocycles. The second kappa shape index (κ2) is 8.85. The average Bonchev–Trinajstić information content (AvgIpc) is 3.17. The molecule has 0 radical (unpaired) electrons. The molecule has 0 atom stereocenters. The molecule has 158 valence electrons. The standard InChI is InChI=1S/C23H22BrN5O2/c1-15-3-6-18(11-16(15)2)22(30)25-9-10-29-21-20(12-27-29)23(31)28(14-26-21)13-17-4-7-19(24)8-5-17/h3-8,11-12,14H,9-10,13H2,1-2H3,(H,25,30). The molecule has 0 spiro atoms. The van der Waals surface area contributed by atoms with E-state index in [0.717, 1.165) is 21.2 Å². The van der Waals surface area contributed by atoms with E-state index in [4.69, 9.17) is 0 Å². The Bertz CT molecular complexity index is 1310. The van der Waals surface area contributed by atoms with Crippen LogP contribution in [0.15, 0.2) is 64.3 Å². The van der Waals surface area contributed by atoms with Crippen LogP contribution in [-0.2, 0) is 13.1 Å². The average molecular weight is 480 g/mol. The van der Waals surface area contributed by atoms with E-state index < -0.39 is 0 Å². The van der Waals surface area contributed by atoms with Crippen LogP contribution in [0.2, 0.25) is 0 Å². The first kappa shape index (κ1) is 21.0. The summed E-state index contributed by atoms with van der Waals surface area (Å²) in [4.78, 5) is 29.6. The first-order valence-corrected chi connectivity index (χ1v) is 10.7. The third-order valence-corrected chi connectivity index (χ3v) is 5.80. The van der Waals surface area contributed by atoms with Gasteiger partial charge < -0.3 is 5.32 Å². The van der Waals surface area contributed by atoms with Crippen LogP contribution in [0.5, 0.6) is 0 Å². The normalized spacial score (nSPS) is 11.1. The Morgan fingerprint density at radius 1 is 1.10 bits per heavy atom. The number of halogens is 1. The molecule has 2 aromatic carbocycles. The lowest BCUT2D eigenvalue weighted by Gasteiger charge is -2.08. The third kappa shape index (κ3) is 4.59. The van der Waals surface area contributed by atoms with Gasteiger partial charge in [-0.2, -0.15) is 5.10 Å². The fourth-order valence-corrected chi connectivity index (χ4v) is 3.58. The zero-order valence-electron chi connectivity index (χ0n) is 17.3. The maximum atomic E-state index is 12.8. The zero-order valence-corrected chi connectivity index (χ0v) is 18.9. The van der Waals surface area contributed by atoms with Crippen LogP contribution in [-0.4, -0.2) is 31.8 Å². The number of benzene rings is 2. The maximum Gasteiger partial charge on any atom is 0.264 e. The highest BCUT2D eigenvalue weighted by Gasteiger charge is 2.11. The molecule has 0 saturated carbocycles. The molecule has 0 bridgehead atoms. The summed E-state index contributed by atoms with van der Waals surface area (Å²) in [5.74, 6) is -0.135. The molecule has 2 heterocycles. The van der Waals surface area contributed by atoms with Gasteiger partial charge in [-0.25, -0.2) is 9.67 Å². The smallest absolute Gasteiger partial charge is 0.264 e. The number of fused-ring (bicyclic) bond motifs is 1. The monoisotopic (exact) mass is 479 g/mol. The second-order valence-electron chi connectivity index (χ2n) is 7.46. The Balaban J connectivity index is 1.44. The molecule has 0 aliphatic carbocycles. The van der Waals surface area contributed by atoms with Gasteiger partial charge in [0.1, 0.15) is 11.7 Å². The number of hydrogen-bond donors (Lipinski definition) is 1. The third-order valence-electron chi connectivity index (χ3n) is 5.27. The number of aromatic nitrogens is 4. The van der Waals surface area contributed by atoms with E-state index in [2.05, 4.69) is 31.3 Å². The van der Waals surface area contributed by atoms with Crippen molar-refractivity contribution in [3.63, 3.8) is 0 Å². The number of carbonyl (C=O) groups excluding carboxylic acids is 1. The lowest BCUT2D eigenvalue weighted by molar-refractivity contribution is 0.0952. The van der Waals surface area contributed by atoms with Gasteiger partial charge >= 0.3 is 0 Å². The molecule has 8 heteroatoms. The minimum absolute atomic E-state index is 0.135. The molecule has 0 saturated heterocycles. The molecule has 4 rings (SSSR count). The molecular weight excluding hydrogens is 458 g/mol. The van der Waals surface area contributed by atoms with Crippen LogP contribution in [0.3, 0.4) is 0 Å². The molecule has 0 aliphatic rings. The summed E-state index contributed by atoms with van der Waals surface area (Å²) in [7, 11) is 0. The topological polar surface area (TPSA) is 81.8 Å². The minimum Gasteiger partial charge on any atom is -0.350 e. The Hall–Kier alpha value is -3.26. The van der Waals surface area contributed by atoms with E-state index >= 15 is 0 Å². The Morgan fingerprint density at radius 3 is 2.61 bits per heavy atom. The van der Waals surface area contributed by atoms with Crippen LogP contribution in [0.25, 0.3) is 11.0 Å². The SMILES string of the molecule is Cc1ccc(C(=O)NCCn2ncc3c(=O)n(Cc4ccc(Br)cc4)cnc32)cc1C. The lowest BCUT2D eigenvalue weighted by Crippen LogP contribution is -2.28. The van der Waals surface area contributed by atoms with Gasteiger partial charge in [0, 0.05) is 16.6 Å². The quantitative estimate of drug-likeness (QED) is 0.459.